The van der Waals surface area contributed by atoms with Gasteiger partial charge >= 0.3 is 0 Å². The number of amides is 1. The molecule has 1 aromatic carbocycles. The van der Waals surface area contributed by atoms with E-state index in [9.17, 15) is 9.90 Å². The molecule has 2 aliphatic rings. The van der Waals surface area contributed by atoms with Crippen molar-refractivity contribution in [3.8, 4) is 5.75 Å². The summed E-state index contributed by atoms with van der Waals surface area (Å²) in [6.45, 7) is 1.40. The number of fused-ring (bicyclic) bond motifs is 1. The number of hydrogen-bond acceptors (Lipinski definition) is 3. The van der Waals surface area contributed by atoms with Gasteiger partial charge in [-0.15, -0.1) is 0 Å². The number of rotatable bonds is 2. The molecule has 0 aliphatic carbocycles. The van der Waals surface area contributed by atoms with Crippen molar-refractivity contribution in [1.82, 2.24) is 4.90 Å². The number of likely N-dealkylation sites (tertiary alicyclic amines) is 1. The van der Waals surface area contributed by atoms with Crippen molar-refractivity contribution in [2.75, 3.05) is 19.8 Å². The maximum atomic E-state index is 12.0. The Morgan fingerprint density at radius 3 is 3.00 bits per heavy atom. The second-order valence-electron chi connectivity index (χ2n) is 4.99. The van der Waals surface area contributed by atoms with Gasteiger partial charge in [-0.3, -0.25) is 4.79 Å². The van der Waals surface area contributed by atoms with E-state index in [2.05, 4.69) is 0 Å². The van der Waals surface area contributed by atoms with Gasteiger partial charge in [-0.25, -0.2) is 0 Å². The minimum Gasteiger partial charge on any atom is -0.493 e. The molecule has 0 aromatic heterocycles. The highest BCUT2D eigenvalue weighted by Crippen LogP contribution is 2.38. The monoisotopic (exact) mass is 247 g/mol. The number of carbonyl (C=O) groups is 1. The van der Waals surface area contributed by atoms with Crippen LogP contribution in [0.5, 0.6) is 5.75 Å². The van der Waals surface area contributed by atoms with Crippen molar-refractivity contribution in [1.29, 1.82) is 0 Å². The largest absolute Gasteiger partial charge is 0.493 e. The first-order valence-electron chi connectivity index (χ1n) is 6.41. The summed E-state index contributed by atoms with van der Waals surface area (Å²) in [6, 6.07) is 8.01. The van der Waals surface area contributed by atoms with E-state index in [1.54, 1.807) is 0 Å². The molecule has 1 N–H and O–H groups in total. The fraction of sp³-hybridized carbons (Fsp3) is 0.500. The highest BCUT2D eigenvalue weighted by molar-refractivity contribution is 5.79. The number of ether oxygens (including phenoxy) is 1. The van der Waals surface area contributed by atoms with Crippen molar-refractivity contribution in [2.24, 2.45) is 5.92 Å². The van der Waals surface area contributed by atoms with Crippen molar-refractivity contribution in [2.45, 2.75) is 18.9 Å². The van der Waals surface area contributed by atoms with Crippen LogP contribution in [0.1, 0.15) is 24.4 Å². The van der Waals surface area contributed by atoms with Gasteiger partial charge in [0.05, 0.1) is 12.6 Å². The van der Waals surface area contributed by atoms with Crippen molar-refractivity contribution in [3.05, 3.63) is 29.8 Å². The molecule has 0 spiro atoms. The summed E-state index contributed by atoms with van der Waals surface area (Å²) in [4.78, 5) is 13.9. The maximum absolute atomic E-state index is 12.0. The van der Waals surface area contributed by atoms with Crippen LogP contribution in [-0.4, -0.2) is 35.7 Å². The summed E-state index contributed by atoms with van der Waals surface area (Å²) in [5.74, 6) is 1.12. The molecule has 2 heterocycles. The van der Waals surface area contributed by atoms with Gasteiger partial charge in [-0.2, -0.15) is 0 Å². The van der Waals surface area contributed by atoms with Crippen molar-refractivity contribution < 1.29 is 14.6 Å². The van der Waals surface area contributed by atoms with E-state index in [4.69, 9.17) is 4.74 Å². The van der Waals surface area contributed by atoms with E-state index in [1.807, 2.05) is 29.2 Å². The number of aliphatic hydroxyl groups excluding tert-OH is 1. The Kier molecular flexibility index (Phi) is 2.96. The van der Waals surface area contributed by atoms with Gasteiger partial charge in [-0.1, -0.05) is 18.2 Å². The molecule has 2 atom stereocenters. The lowest BCUT2D eigenvalue weighted by atomic mass is 9.99. The van der Waals surface area contributed by atoms with Gasteiger partial charge in [0.15, 0.2) is 0 Å². The van der Waals surface area contributed by atoms with E-state index < -0.39 is 0 Å². The molecule has 4 nitrogen and oxygen atoms in total. The number of para-hydroxylation sites is 1. The minimum atomic E-state index is 0.0903. The molecule has 0 bridgehead atoms. The van der Waals surface area contributed by atoms with Crippen LogP contribution in [0.3, 0.4) is 0 Å². The second-order valence-corrected chi connectivity index (χ2v) is 4.99. The molecular weight excluding hydrogens is 230 g/mol. The second kappa shape index (κ2) is 4.61. The first kappa shape index (κ1) is 11.5. The average molecular weight is 247 g/mol. The number of nitrogens with zero attached hydrogens (tertiary/aromatic N) is 1. The molecular formula is C14H17NO3. The number of aliphatic hydroxyl groups is 1. The zero-order valence-electron chi connectivity index (χ0n) is 10.2. The zero-order chi connectivity index (χ0) is 12.5. The summed E-state index contributed by atoms with van der Waals surface area (Å²) < 4.78 is 5.61. The first-order chi connectivity index (χ1) is 8.79. The lowest BCUT2D eigenvalue weighted by Gasteiger charge is -2.33. The molecule has 3 rings (SSSR count). The molecule has 2 unspecified atom stereocenters. The summed E-state index contributed by atoms with van der Waals surface area (Å²) in [5, 5.41) is 9.19. The molecule has 96 valence electrons. The van der Waals surface area contributed by atoms with Gasteiger partial charge in [0.1, 0.15) is 5.75 Å². The van der Waals surface area contributed by atoms with Crippen LogP contribution < -0.4 is 4.74 Å². The smallest absolute Gasteiger partial charge is 0.223 e. The van der Waals surface area contributed by atoms with Crippen LogP contribution in [0.4, 0.5) is 0 Å². The van der Waals surface area contributed by atoms with Crippen molar-refractivity contribution >= 4 is 5.91 Å². The Morgan fingerprint density at radius 2 is 2.22 bits per heavy atom. The Bertz CT molecular complexity index is 460. The molecule has 0 saturated carbocycles. The van der Waals surface area contributed by atoms with Crippen LogP contribution in [0.15, 0.2) is 24.3 Å². The third-order valence-electron chi connectivity index (χ3n) is 3.80. The molecule has 1 fully saturated rings. The molecule has 0 radical (unpaired) electrons. The zero-order valence-corrected chi connectivity index (χ0v) is 10.2. The molecule has 1 saturated heterocycles. The third-order valence-corrected chi connectivity index (χ3v) is 3.80. The predicted octanol–water partition coefficient (Wildman–Crippen LogP) is 1.35. The molecule has 4 heteroatoms. The first-order valence-corrected chi connectivity index (χ1v) is 6.41. The Morgan fingerprint density at radius 1 is 1.39 bits per heavy atom. The van der Waals surface area contributed by atoms with Crippen LogP contribution in [0.2, 0.25) is 0 Å². The van der Waals surface area contributed by atoms with E-state index in [0.29, 0.717) is 19.6 Å². The third kappa shape index (κ3) is 1.86. The summed E-state index contributed by atoms with van der Waals surface area (Å²) >= 11 is 0. The van der Waals surface area contributed by atoms with Gasteiger partial charge in [0, 0.05) is 37.5 Å². The summed E-state index contributed by atoms with van der Waals surface area (Å²) in [7, 11) is 0. The van der Waals surface area contributed by atoms with E-state index in [1.165, 1.54) is 0 Å². The lowest BCUT2D eigenvalue weighted by molar-refractivity contribution is -0.130. The SMILES string of the molecule is O=C1CC(CO)CN1C1CCOc2ccccc21. The highest BCUT2D eigenvalue weighted by Gasteiger charge is 2.36. The maximum Gasteiger partial charge on any atom is 0.223 e. The van der Waals surface area contributed by atoms with Gasteiger partial charge in [0.2, 0.25) is 5.91 Å². The number of benzene rings is 1. The molecule has 2 aliphatic heterocycles. The van der Waals surface area contributed by atoms with Crippen LogP contribution in [-0.2, 0) is 4.79 Å². The van der Waals surface area contributed by atoms with Crippen molar-refractivity contribution in [3.63, 3.8) is 0 Å². The minimum absolute atomic E-state index is 0.0903. The highest BCUT2D eigenvalue weighted by atomic mass is 16.5. The van der Waals surface area contributed by atoms with E-state index >= 15 is 0 Å². The summed E-state index contributed by atoms with van der Waals surface area (Å²) in [5.41, 5.74) is 1.09. The van der Waals surface area contributed by atoms with Gasteiger partial charge in [-0.05, 0) is 6.07 Å². The van der Waals surface area contributed by atoms with Crippen LogP contribution in [0, 0.1) is 5.92 Å². The topological polar surface area (TPSA) is 49.8 Å². The Labute approximate surface area is 106 Å². The fourth-order valence-corrected chi connectivity index (χ4v) is 2.88. The number of hydrogen-bond donors (Lipinski definition) is 1. The van der Waals surface area contributed by atoms with E-state index in [-0.39, 0.29) is 24.5 Å². The summed E-state index contributed by atoms with van der Waals surface area (Å²) in [6.07, 6.45) is 1.30. The Hall–Kier alpha value is -1.55. The van der Waals surface area contributed by atoms with Gasteiger partial charge < -0.3 is 14.7 Å². The van der Waals surface area contributed by atoms with Crippen LogP contribution in [0.25, 0.3) is 0 Å². The fourth-order valence-electron chi connectivity index (χ4n) is 2.88. The molecule has 18 heavy (non-hydrogen) atoms. The van der Waals surface area contributed by atoms with Gasteiger partial charge in [0.25, 0.3) is 0 Å². The number of carbonyl (C=O) groups excluding carboxylic acids is 1. The normalized spacial score (nSPS) is 26.9. The quantitative estimate of drug-likeness (QED) is 0.858. The van der Waals surface area contributed by atoms with E-state index in [0.717, 1.165) is 17.7 Å². The Balaban J connectivity index is 1.88. The standard InChI is InChI=1S/C14H17NO3/c16-9-10-7-14(17)15(8-10)12-5-6-18-13-4-2-1-3-11(12)13/h1-4,10,12,16H,5-9H2. The predicted molar refractivity (Wildman–Crippen MR) is 66.2 cm³/mol. The molecule has 1 aromatic rings. The van der Waals surface area contributed by atoms with Crippen LogP contribution >= 0.6 is 0 Å². The average Bonchev–Trinajstić information content (AvgIpc) is 2.79. The lowest BCUT2D eigenvalue weighted by Crippen LogP contribution is -2.33. The molecule has 1 amide bonds.